The lowest BCUT2D eigenvalue weighted by atomic mass is 10.0. The molecule has 0 saturated heterocycles. The van der Waals surface area contributed by atoms with Crippen LogP contribution in [-0.4, -0.2) is 0 Å². The molecule has 0 unspecified atom stereocenters. The molecule has 0 aliphatic carbocycles. The largest absolute Gasteiger partial charge is 0.192 e. The van der Waals surface area contributed by atoms with E-state index in [0.717, 1.165) is 17.5 Å². The lowest BCUT2D eigenvalue weighted by Gasteiger charge is -2.02. The number of nitriles is 1. The van der Waals surface area contributed by atoms with E-state index in [1.807, 2.05) is 19.1 Å². The minimum atomic E-state index is 0.796. The number of aryl methyl sites for hydroxylation is 1. The molecule has 0 fully saturated rings. The molecule has 1 nitrogen and oxygen atoms in total. The van der Waals surface area contributed by atoms with Crippen LogP contribution in [0, 0.1) is 18.3 Å². The van der Waals surface area contributed by atoms with Gasteiger partial charge in [0.1, 0.15) is 0 Å². The van der Waals surface area contributed by atoms with Gasteiger partial charge in [0.25, 0.3) is 0 Å². The van der Waals surface area contributed by atoms with Crippen molar-refractivity contribution in [1.82, 2.24) is 0 Å². The molecule has 0 aliphatic rings. The third kappa shape index (κ3) is 1.40. The fourth-order valence-electron chi connectivity index (χ4n) is 1.19. The van der Waals surface area contributed by atoms with Crippen molar-refractivity contribution in [3.8, 4) is 6.07 Å². The molecule has 1 heteroatoms. The number of hydrogen-bond acceptors (Lipinski definition) is 1. The van der Waals surface area contributed by atoms with Crippen LogP contribution in [0.25, 0.3) is 0 Å². The smallest absolute Gasteiger partial charge is 0.0994 e. The maximum Gasteiger partial charge on any atom is 0.0994 e. The highest BCUT2D eigenvalue weighted by Gasteiger charge is 1.99. The van der Waals surface area contributed by atoms with Gasteiger partial charge in [-0.25, -0.2) is 0 Å². The molecule has 0 bridgehead atoms. The zero-order valence-corrected chi connectivity index (χ0v) is 6.89. The van der Waals surface area contributed by atoms with Gasteiger partial charge in [0, 0.05) is 0 Å². The van der Waals surface area contributed by atoms with Crippen LogP contribution in [0.2, 0.25) is 0 Å². The summed E-state index contributed by atoms with van der Waals surface area (Å²) in [4.78, 5) is 0. The van der Waals surface area contributed by atoms with Crippen LogP contribution >= 0.6 is 0 Å². The van der Waals surface area contributed by atoms with Gasteiger partial charge in [0.05, 0.1) is 11.6 Å². The van der Waals surface area contributed by atoms with Gasteiger partial charge in [-0.05, 0) is 30.5 Å². The Morgan fingerprint density at radius 1 is 1.45 bits per heavy atom. The Balaban J connectivity index is 3.23. The van der Waals surface area contributed by atoms with E-state index in [4.69, 9.17) is 5.26 Å². The van der Waals surface area contributed by atoms with Gasteiger partial charge in [-0.3, -0.25) is 0 Å². The Kier molecular flexibility index (Phi) is 2.28. The third-order valence-electron chi connectivity index (χ3n) is 1.95. The average Bonchev–Trinajstić information content (AvgIpc) is 2.05. The second-order valence-electron chi connectivity index (χ2n) is 2.56. The first kappa shape index (κ1) is 7.81. The van der Waals surface area contributed by atoms with Crippen molar-refractivity contribution < 1.29 is 0 Å². The summed E-state index contributed by atoms with van der Waals surface area (Å²) in [7, 11) is 0. The summed E-state index contributed by atoms with van der Waals surface area (Å²) >= 11 is 0. The van der Waals surface area contributed by atoms with E-state index >= 15 is 0 Å². The van der Waals surface area contributed by atoms with Gasteiger partial charge < -0.3 is 0 Å². The summed E-state index contributed by atoms with van der Waals surface area (Å²) < 4.78 is 0. The molecule has 0 heterocycles. The molecule has 0 saturated carbocycles. The Hall–Kier alpha value is -1.29. The predicted octanol–water partition coefficient (Wildman–Crippen LogP) is 2.43. The maximum absolute atomic E-state index is 8.69. The molecule has 1 aromatic carbocycles. The molecule has 0 atom stereocenters. The summed E-state index contributed by atoms with van der Waals surface area (Å²) in [6, 6.07) is 8.03. The quantitative estimate of drug-likeness (QED) is 0.595. The van der Waals surface area contributed by atoms with Gasteiger partial charge in [0.2, 0.25) is 0 Å². The third-order valence-corrected chi connectivity index (χ3v) is 1.95. The highest BCUT2D eigenvalue weighted by atomic mass is 14.2. The van der Waals surface area contributed by atoms with Crippen LogP contribution in [0.5, 0.6) is 0 Å². The van der Waals surface area contributed by atoms with E-state index in [1.165, 1.54) is 5.56 Å². The van der Waals surface area contributed by atoms with Crippen molar-refractivity contribution in [1.29, 1.82) is 5.26 Å². The summed E-state index contributed by atoms with van der Waals surface area (Å²) in [6.07, 6.45) is 1.00. The summed E-state index contributed by atoms with van der Waals surface area (Å²) in [5, 5.41) is 8.69. The Morgan fingerprint density at radius 2 is 2.18 bits per heavy atom. The SMILES string of the molecule is CCc1cccc(C#N)c1C. The average molecular weight is 145 g/mol. The van der Waals surface area contributed by atoms with Crippen molar-refractivity contribution >= 4 is 0 Å². The molecule has 1 aromatic rings. The van der Waals surface area contributed by atoms with Crippen LogP contribution in [0.15, 0.2) is 18.2 Å². The van der Waals surface area contributed by atoms with Crippen molar-refractivity contribution in [2.24, 2.45) is 0 Å². The predicted molar refractivity (Wildman–Crippen MR) is 45.3 cm³/mol. The van der Waals surface area contributed by atoms with Gasteiger partial charge in [-0.1, -0.05) is 19.1 Å². The van der Waals surface area contributed by atoms with Gasteiger partial charge in [-0.2, -0.15) is 5.26 Å². The zero-order chi connectivity index (χ0) is 8.27. The standard InChI is InChI=1S/C10H11N/c1-3-9-5-4-6-10(7-11)8(9)2/h4-6H,3H2,1-2H3. The molecule has 0 N–H and O–H groups in total. The van der Waals surface area contributed by atoms with E-state index in [2.05, 4.69) is 19.1 Å². The van der Waals surface area contributed by atoms with Crippen molar-refractivity contribution in [2.75, 3.05) is 0 Å². The van der Waals surface area contributed by atoms with E-state index in [1.54, 1.807) is 0 Å². The summed E-state index contributed by atoms with van der Waals surface area (Å²) in [5.74, 6) is 0. The topological polar surface area (TPSA) is 23.8 Å². The first-order valence-corrected chi connectivity index (χ1v) is 3.78. The van der Waals surface area contributed by atoms with E-state index in [-0.39, 0.29) is 0 Å². The van der Waals surface area contributed by atoms with Gasteiger partial charge in [-0.15, -0.1) is 0 Å². The van der Waals surface area contributed by atoms with Crippen LogP contribution in [0.4, 0.5) is 0 Å². The number of benzene rings is 1. The molecule has 1 rings (SSSR count). The first-order chi connectivity index (χ1) is 5.29. The number of nitrogens with zero attached hydrogens (tertiary/aromatic N) is 1. The van der Waals surface area contributed by atoms with Gasteiger partial charge >= 0.3 is 0 Å². The molecule has 0 spiro atoms. The van der Waals surface area contributed by atoms with Crippen LogP contribution in [-0.2, 0) is 6.42 Å². The Morgan fingerprint density at radius 3 is 2.73 bits per heavy atom. The molecule has 11 heavy (non-hydrogen) atoms. The lowest BCUT2D eigenvalue weighted by molar-refractivity contribution is 1.10. The van der Waals surface area contributed by atoms with Crippen LogP contribution in [0.1, 0.15) is 23.6 Å². The molecule has 0 aromatic heterocycles. The Bertz CT molecular complexity index is 294. The van der Waals surface area contributed by atoms with Crippen LogP contribution < -0.4 is 0 Å². The maximum atomic E-state index is 8.69. The number of rotatable bonds is 1. The highest BCUT2D eigenvalue weighted by molar-refractivity contribution is 5.41. The van der Waals surface area contributed by atoms with Crippen molar-refractivity contribution in [3.63, 3.8) is 0 Å². The Labute approximate surface area is 67.3 Å². The lowest BCUT2D eigenvalue weighted by Crippen LogP contribution is -1.89. The molecular formula is C10H11N. The second-order valence-corrected chi connectivity index (χ2v) is 2.56. The second kappa shape index (κ2) is 3.21. The highest BCUT2D eigenvalue weighted by Crippen LogP contribution is 2.12. The summed E-state index contributed by atoms with van der Waals surface area (Å²) in [6.45, 7) is 4.10. The van der Waals surface area contributed by atoms with Crippen molar-refractivity contribution in [2.45, 2.75) is 20.3 Å². The monoisotopic (exact) mass is 145 g/mol. The molecule has 0 amide bonds. The van der Waals surface area contributed by atoms with Crippen LogP contribution in [0.3, 0.4) is 0 Å². The normalized spacial score (nSPS) is 9.18. The minimum Gasteiger partial charge on any atom is -0.192 e. The fraction of sp³-hybridized carbons (Fsp3) is 0.300. The van der Waals surface area contributed by atoms with E-state index < -0.39 is 0 Å². The molecular weight excluding hydrogens is 134 g/mol. The molecule has 56 valence electrons. The first-order valence-electron chi connectivity index (χ1n) is 3.78. The molecule has 0 aliphatic heterocycles. The van der Waals surface area contributed by atoms with E-state index in [0.29, 0.717) is 0 Å². The zero-order valence-electron chi connectivity index (χ0n) is 6.89. The minimum absolute atomic E-state index is 0.796. The summed E-state index contributed by atoms with van der Waals surface area (Å²) in [5.41, 5.74) is 3.19. The fourth-order valence-corrected chi connectivity index (χ4v) is 1.19. The number of hydrogen-bond donors (Lipinski definition) is 0. The van der Waals surface area contributed by atoms with E-state index in [9.17, 15) is 0 Å². The molecule has 0 radical (unpaired) electrons. The van der Waals surface area contributed by atoms with Gasteiger partial charge in [0.15, 0.2) is 0 Å². The van der Waals surface area contributed by atoms with Crippen molar-refractivity contribution in [3.05, 3.63) is 34.9 Å².